The Bertz CT molecular complexity index is 799. The molecule has 2 N–H and O–H groups in total. The molecule has 1 amide bonds. The van der Waals surface area contributed by atoms with Gasteiger partial charge in [0.25, 0.3) is 5.91 Å². The Kier molecular flexibility index (Phi) is 5.51. The lowest BCUT2D eigenvalue weighted by atomic mass is 9.90. The van der Waals surface area contributed by atoms with E-state index in [4.69, 9.17) is 10.5 Å². The quantitative estimate of drug-likeness (QED) is 0.843. The van der Waals surface area contributed by atoms with Crippen molar-refractivity contribution in [2.75, 3.05) is 19.6 Å². The standard InChI is InChI=1S/C20H29N5O2/c1-5-17-18(19(26)24-11-10-20(4,12-21)13-24)22-23-25(17)15-6-8-16(9-7-15)27-14(2)3/h6-9,14H,5,10-13,21H2,1-4H3. The van der Waals surface area contributed by atoms with Crippen molar-refractivity contribution in [1.29, 1.82) is 0 Å². The number of rotatable bonds is 6. The van der Waals surface area contributed by atoms with Gasteiger partial charge in [0.15, 0.2) is 5.69 Å². The Balaban J connectivity index is 1.84. The molecule has 1 atom stereocenters. The molecule has 1 aliphatic heterocycles. The summed E-state index contributed by atoms with van der Waals surface area (Å²) in [6.07, 6.45) is 1.71. The zero-order valence-electron chi connectivity index (χ0n) is 16.6. The number of likely N-dealkylation sites (tertiary alicyclic amines) is 1. The highest BCUT2D eigenvalue weighted by atomic mass is 16.5. The molecule has 0 aliphatic carbocycles. The predicted octanol–water partition coefficient (Wildman–Crippen LogP) is 2.43. The molecule has 2 aromatic rings. The van der Waals surface area contributed by atoms with Crippen LogP contribution in [0.15, 0.2) is 24.3 Å². The Labute approximate surface area is 160 Å². The van der Waals surface area contributed by atoms with Crippen LogP contribution < -0.4 is 10.5 Å². The fourth-order valence-electron chi connectivity index (χ4n) is 3.44. The molecule has 1 aromatic carbocycles. The lowest BCUT2D eigenvalue weighted by Crippen LogP contribution is -2.35. The van der Waals surface area contributed by atoms with Gasteiger partial charge in [-0.25, -0.2) is 4.68 Å². The van der Waals surface area contributed by atoms with E-state index < -0.39 is 0 Å². The second kappa shape index (κ2) is 7.68. The first-order chi connectivity index (χ1) is 12.9. The van der Waals surface area contributed by atoms with Crippen molar-refractivity contribution in [3.8, 4) is 11.4 Å². The van der Waals surface area contributed by atoms with E-state index in [2.05, 4.69) is 17.2 Å². The number of nitrogens with two attached hydrogens (primary N) is 1. The van der Waals surface area contributed by atoms with Gasteiger partial charge in [0, 0.05) is 13.1 Å². The SMILES string of the molecule is CCc1c(C(=O)N2CCC(C)(CN)C2)nnn1-c1ccc(OC(C)C)cc1. The van der Waals surface area contributed by atoms with E-state index in [1.165, 1.54) is 0 Å². The van der Waals surface area contributed by atoms with Gasteiger partial charge >= 0.3 is 0 Å². The monoisotopic (exact) mass is 371 g/mol. The van der Waals surface area contributed by atoms with Crippen LogP contribution in [0, 0.1) is 5.41 Å². The van der Waals surface area contributed by atoms with Crippen LogP contribution in [0.2, 0.25) is 0 Å². The minimum Gasteiger partial charge on any atom is -0.491 e. The maximum Gasteiger partial charge on any atom is 0.276 e. The van der Waals surface area contributed by atoms with Crippen LogP contribution in [0.3, 0.4) is 0 Å². The smallest absolute Gasteiger partial charge is 0.276 e. The Hall–Kier alpha value is -2.41. The average molecular weight is 371 g/mol. The summed E-state index contributed by atoms with van der Waals surface area (Å²) < 4.78 is 7.43. The molecule has 3 rings (SSSR count). The summed E-state index contributed by atoms with van der Waals surface area (Å²) >= 11 is 0. The van der Waals surface area contributed by atoms with Gasteiger partial charge in [-0.2, -0.15) is 0 Å². The van der Waals surface area contributed by atoms with Crippen LogP contribution >= 0.6 is 0 Å². The Morgan fingerprint density at radius 1 is 1.33 bits per heavy atom. The van der Waals surface area contributed by atoms with Crippen molar-refractivity contribution in [2.45, 2.75) is 46.6 Å². The summed E-state index contributed by atoms with van der Waals surface area (Å²) in [5.41, 5.74) is 7.97. The van der Waals surface area contributed by atoms with Crippen molar-refractivity contribution in [1.82, 2.24) is 19.9 Å². The topological polar surface area (TPSA) is 86.3 Å². The summed E-state index contributed by atoms with van der Waals surface area (Å²) in [6, 6.07) is 7.68. The molecular weight excluding hydrogens is 342 g/mol. The number of hydrogen-bond acceptors (Lipinski definition) is 5. The zero-order valence-corrected chi connectivity index (χ0v) is 16.6. The van der Waals surface area contributed by atoms with Gasteiger partial charge < -0.3 is 15.4 Å². The van der Waals surface area contributed by atoms with Crippen LogP contribution in [-0.2, 0) is 6.42 Å². The van der Waals surface area contributed by atoms with E-state index in [-0.39, 0.29) is 17.4 Å². The first-order valence-electron chi connectivity index (χ1n) is 9.58. The summed E-state index contributed by atoms with van der Waals surface area (Å²) in [6.45, 7) is 10.1. The van der Waals surface area contributed by atoms with E-state index in [9.17, 15) is 4.79 Å². The van der Waals surface area contributed by atoms with Crippen molar-refractivity contribution >= 4 is 5.91 Å². The third kappa shape index (κ3) is 3.98. The van der Waals surface area contributed by atoms with E-state index in [0.717, 1.165) is 23.6 Å². The van der Waals surface area contributed by atoms with Gasteiger partial charge in [-0.3, -0.25) is 4.79 Å². The summed E-state index contributed by atoms with van der Waals surface area (Å²) in [4.78, 5) is 14.8. The molecule has 1 aliphatic rings. The maximum absolute atomic E-state index is 13.0. The van der Waals surface area contributed by atoms with E-state index in [0.29, 0.717) is 31.7 Å². The lowest BCUT2D eigenvalue weighted by molar-refractivity contribution is 0.0770. The molecule has 0 radical (unpaired) electrons. The fourth-order valence-corrected chi connectivity index (χ4v) is 3.44. The van der Waals surface area contributed by atoms with Gasteiger partial charge in [-0.05, 0) is 62.9 Å². The molecular formula is C20H29N5O2. The highest BCUT2D eigenvalue weighted by molar-refractivity contribution is 5.93. The predicted molar refractivity (Wildman–Crippen MR) is 104 cm³/mol. The molecule has 0 saturated carbocycles. The average Bonchev–Trinajstić information content (AvgIpc) is 3.25. The molecule has 0 spiro atoms. The first kappa shape index (κ1) is 19.4. The fraction of sp³-hybridized carbons (Fsp3) is 0.550. The molecule has 27 heavy (non-hydrogen) atoms. The lowest BCUT2D eigenvalue weighted by Gasteiger charge is -2.22. The number of nitrogens with zero attached hydrogens (tertiary/aromatic N) is 4. The molecule has 1 unspecified atom stereocenters. The largest absolute Gasteiger partial charge is 0.491 e. The maximum atomic E-state index is 13.0. The second-order valence-electron chi connectivity index (χ2n) is 7.80. The summed E-state index contributed by atoms with van der Waals surface area (Å²) in [5.74, 6) is 0.747. The molecule has 2 heterocycles. The van der Waals surface area contributed by atoms with E-state index in [1.807, 2.05) is 49.9 Å². The second-order valence-corrected chi connectivity index (χ2v) is 7.80. The summed E-state index contributed by atoms with van der Waals surface area (Å²) in [7, 11) is 0. The minimum atomic E-state index is -0.0602. The third-order valence-electron chi connectivity index (χ3n) is 5.09. The van der Waals surface area contributed by atoms with Crippen molar-refractivity contribution < 1.29 is 9.53 Å². The van der Waals surface area contributed by atoms with Crippen LogP contribution in [0.5, 0.6) is 5.75 Å². The molecule has 1 aromatic heterocycles. The highest BCUT2D eigenvalue weighted by Crippen LogP contribution is 2.30. The van der Waals surface area contributed by atoms with Gasteiger partial charge in [0.1, 0.15) is 5.75 Å². The van der Waals surface area contributed by atoms with Gasteiger partial charge in [-0.1, -0.05) is 19.1 Å². The third-order valence-corrected chi connectivity index (χ3v) is 5.09. The first-order valence-corrected chi connectivity index (χ1v) is 9.58. The van der Waals surface area contributed by atoms with Gasteiger partial charge in [-0.15, -0.1) is 5.10 Å². The molecule has 7 heteroatoms. The molecule has 0 bridgehead atoms. The van der Waals surface area contributed by atoms with Crippen molar-refractivity contribution in [3.63, 3.8) is 0 Å². The normalized spacial score (nSPS) is 19.7. The highest BCUT2D eigenvalue weighted by Gasteiger charge is 2.36. The minimum absolute atomic E-state index is 0.00965. The number of carbonyl (C=O) groups is 1. The van der Waals surface area contributed by atoms with Crippen LogP contribution in [0.1, 0.15) is 50.3 Å². The molecule has 146 valence electrons. The van der Waals surface area contributed by atoms with E-state index in [1.54, 1.807) is 4.68 Å². The Morgan fingerprint density at radius 3 is 2.59 bits per heavy atom. The van der Waals surface area contributed by atoms with Crippen molar-refractivity contribution in [3.05, 3.63) is 35.7 Å². The number of aromatic nitrogens is 3. The van der Waals surface area contributed by atoms with E-state index >= 15 is 0 Å². The van der Waals surface area contributed by atoms with Gasteiger partial charge in [0.2, 0.25) is 0 Å². The molecule has 7 nitrogen and oxygen atoms in total. The van der Waals surface area contributed by atoms with Crippen LogP contribution in [0.25, 0.3) is 5.69 Å². The number of carbonyl (C=O) groups excluding carboxylic acids is 1. The Morgan fingerprint density at radius 2 is 2.04 bits per heavy atom. The summed E-state index contributed by atoms with van der Waals surface area (Å²) in [5, 5.41) is 8.46. The molecule has 1 saturated heterocycles. The number of benzene rings is 1. The van der Waals surface area contributed by atoms with Crippen molar-refractivity contribution in [2.24, 2.45) is 11.1 Å². The number of hydrogen-bond donors (Lipinski definition) is 1. The van der Waals surface area contributed by atoms with Crippen LogP contribution in [0.4, 0.5) is 0 Å². The van der Waals surface area contributed by atoms with Gasteiger partial charge in [0.05, 0.1) is 17.5 Å². The number of ether oxygens (including phenoxy) is 1. The van der Waals surface area contributed by atoms with Crippen LogP contribution in [-0.4, -0.2) is 51.5 Å². The zero-order chi connectivity index (χ0) is 19.6. The molecule has 1 fully saturated rings. The number of amides is 1.